The Balaban J connectivity index is 3.26. The second-order valence-corrected chi connectivity index (χ2v) is 4.10. The van der Waals surface area contributed by atoms with Gasteiger partial charge in [0, 0.05) is 4.47 Å². The zero-order valence-electron chi connectivity index (χ0n) is 9.11. The van der Waals surface area contributed by atoms with Crippen LogP contribution in [0.15, 0.2) is 26.6 Å². The molecule has 0 aliphatic heterocycles. The Bertz CT molecular complexity index is 513. The van der Waals surface area contributed by atoms with Crippen molar-refractivity contribution in [3.63, 3.8) is 0 Å². The quantitative estimate of drug-likeness (QED) is 0.524. The Kier molecular flexibility index (Phi) is 4.06. The molecule has 88 valence electrons. The molecule has 0 spiro atoms. The molecule has 1 aromatic rings. The molecule has 1 aromatic carbocycles. The zero-order chi connectivity index (χ0) is 13.0. The summed E-state index contributed by atoms with van der Waals surface area (Å²) in [6.07, 6.45) is 0. The fourth-order valence-electron chi connectivity index (χ4n) is 1.21. The van der Waals surface area contributed by atoms with Crippen LogP contribution >= 0.6 is 15.9 Å². The average molecular weight is 295 g/mol. The highest BCUT2D eigenvalue weighted by Crippen LogP contribution is 2.30. The van der Waals surface area contributed by atoms with Gasteiger partial charge in [-0.15, -0.1) is 0 Å². The maximum Gasteiger partial charge on any atom is 0.223 e. The lowest BCUT2D eigenvalue weighted by atomic mass is 10.1. The molecule has 0 bridgehead atoms. The minimum atomic E-state index is -0.159. The summed E-state index contributed by atoms with van der Waals surface area (Å²) >= 11 is 3.31. The molecule has 0 aliphatic rings. The van der Waals surface area contributed by atoms with Gasteiger partial charge in [-0.25, -0.2) is 4.99 Å². The number of hydrogen-bond donors (Lipinski definition) is 3. The van der Waals surface area contributed by atoms with E-state index in [-0.39, 0.29) is 11.9 Å². The first kappa shape index (κ1) is 13.0. The predicted octanol–water partition coefficient (Wildman–Crippen LogP) is 0.849. The van der Waals surface area contributed by atoms with Crippen LogP contribution in [0.5, 0.6) is 0 Å². The van der Waals surface area contributed by atoms with Crippen molar-refractivity contribution in [1.82, 2.24) is 0 Å². The van der Waals surface area contributed by atoms with Crippen LogP contribution in [-0.2, 0) is 0 Å². The third kappa shape index (κ3) is 3.46. The molecule has 7 heteroatoms. The summed E-state index contributed by atoms with van der Waals surface area (Å²) < 4.78 is 0.655. The van der Waals surface area contributed by atoms with Crippen molar-refractivity contribution in [2.45, 2.75) is 6.92 Å². The van der Waals surface area contributed by atoms with E-state index < -0.39 is 0 Å². The third-order valence-electron chi connectivity index (χ3n) is 1.85. The molecule has 1 rings (SSSR count). The average Bonchev–Trinajstić information content (AvgIpc) is 2.22. The van der Waals surface area contributed by atoms with Crippen LogP contribution in [-0.4, -0.2) is 11.9 Å². The molecule has 0 fully saturated rings. The lowest BCUT2D eigenvalue weighted by Crippen LogP contribution is -2.26. The number of rotatable bonds is 1. The van der Waals surface area contributed by atoms with Crippen LogP contribution < -0.4 is 17.2 Å². The smallest absolute Gasteiger partial charge is 0.223 e. The summed E-state index contributed by atoms with van der Waals surface area (Å²) in [4.78, 5) is 7.68. The maximum absolute atomic E-state index is 8.79. The van der Waals surface area contributed by atoms with Gasteiger partial charge >= 0.3 is 0 Å². The van der Waals surface area contributed by atoms with E-state index in [0.29, 0.717) is 15.7 Å². The van der Waals surface area contributed by atoms with E-state index in [2.05, 4.69) is 25.9 Å². The summed E-state index contributed by atoms with van der Waals surface area (Å²) in [7, 11) is 0. The van der Waals surface area contributed by atoms with Gasteiger partial charge in [0.2, 0.25) is 5.96 Å². The molecule has 0 unspecified atom stereocenters. The van der Waals surface area contributed by atoms with Crippen molar-refractivity contribution in [3.05, 3.63) is 27.7 Å². The largest absolute Gasteiger partial charge is 0.370 e. The summed E-state index contributed by atoms with van der Waals surface area (Å²) in [5.41, 5.74) is 17.8. The molecule has 0 aliphatic carbocycles. The van der Waals surface area contributed by atoms with Gasteiger partial charge in [-0.3, -0.25) is 0 Å². The Morgan fingerprint density at radius 2 is 2.00 bits per heavy atom. The summed E-state index contributed by atoms with van der Waals surface area (Å²) in [5, 5.41) is 8.79. The van der Waals surface area contributed by atoms with Crippen LogP contribution in [0.2, 0.25) is 0 Å². The second kappa shape index (κ2) is 5.32. The molecule has 0 aromatic heterocycles. The van der Waals surface area contributed by atoms with Crippen LogP contribution in [0.25, 0.3) is 0 Å². The molecule has 0 saturated carbocycles. The fraction of sp³-hybridized carbons (Fsp3) is 0.100. The van der Waals surface area contributed by atoms with Gasteiger partial charge in [-0.2, -0.15) is 10.3 Å². The SMILES string of the molecule is Cc1cc(C#N)cc(Br)c1N=C(N)N=C(N)N. The van der Waals surface area contributed by atoms with E-state index in [1.165, 1.54) is 0 Å². The first-order valence-electron chi connectivity index (χ1n) is 4.58. The number of benzene rings is 1. The molecular formula is C10H11BrN6. The number of guanidine groups is 2. The van der Waals surface area contributed by atoms with Crippen molar-refractivity contribution < 1.29 is 0 Å². The lowest BCUT2D eigenvalue weighted by molar-refractivity contribution is 1.32. The highest BCUT2D eigenvalue weighted by atomic mass is 79.9. The molecule has 6 nitrogen and oxygen atoms in total. The van der Waals surface area contributed by atoms with E-state index in [9.17, 15) is 0 Å². The Morgan fingerprint density at radius 1 is 1.35 bits per heavy atom. The first-order chi connectivity index (χ1) is 7.93. The highest BCUT2D eigenvalue weighted by Gasteiger charge is 2.06. The number of nitrogens with two attached hydrogens (primary N) is 3. The van der Waals surface area contributed by atoms with E-state index in [0.717, 1.165) is 5.56 Å². The molecule has 0 atom stereocenters. The minimum absolute atomic E-state index is 0.0430. The van der Waals surface area contributed by atoms with Crippen LogP contribution in [0, 0.1) is 18.3 Å². The molecular weight excluding hydrogens is 284 g/mol. The third-order valence-corrected chi connectivity index (χ3v) is 2.46. The summed E-state index contributed by atoms with van der Waals surface area (Å²) in [6, 6.07) is 5.39. The Morgan fingerprint density at radius 3 is 2.47 bits per heavy atom. The van der Waals surface area contributed by atoms with Gasteiger partial charge in [0.25, 0.3) is 0 Å². The van der Waals surface area contributed by atoms with Crippen molar-refractivity contribution >= 4 is 33.5 Å². The number of halogens is 1. The van der Waals surface area contributed by atoms with E-state index in [1.54, 1.807) is 12.1 Å². The van der Waals surface area contributed by atoms with Crippen molar-refractivity contribution in [2.24, 2.45) is 27.2 Å². The fourth-order valence-corrected chi connectivity index (χ4v) is 1.86. The molecule has 17 heavy (non-hydrogen) atoms. The second-order valence-electron chi connectivity index (χ2n) is 3.24. The summed E-state index contributed by atoms with van der Waals surface area (Å²) in [6.45, 7) is 1.81. The molecule has 0 heterocycles. The number of nitriles is 1. The topological polar surface area (TPSA) is 127 Å². The molecule has 0 saturated heterocycles. The Labute approximate surface area is 107 Å². The van der Waals surface area contributed by atoms with Gasteiger partial charge < -0.3 is 17.2 Å². The van der Waals surface area contributed by atoms with Gasteiger partial charge in [0.15, 0.2) is 5.96 Å². The Hall–Kier alpha value is -2.07. The molecule has 0 amide bonds. The van der Waals surface area contributed by atoms with Crippen molar-refractivity contribution in [3.8, 4) is 6.07 Å². The minimum Gasteiger partial charge on any atom is -0.370 e. The maximum atomic E-state index is 8.79. The number of aliphatic imine (C=N–C) groups is 2. The van der Waals surface area contributed by atoms with Gasteiger partial charge in [-0.05, 0) is 40.5 Å². The van der Waals surface area contributed by atoms with Crippen LogP contribution in [0.4, 0.5) is 5.69 Å². The van der Waals surface area contributed by atoms with Crippen molar-refractivity contribution in [2.75, 3.05) is 0 Å². The van der Waals surface area contributed by atoms with Gasteiger partial charge in [-0.1, -0.05) is 0 Å². The first-order valence-corrected chi connectivity index (χ1v) is 5.37. The number of aryl methyl sites for hydroxylation is 1. The standard InChI is InChI=1S/C10H11BrN6/c1-5-2-6(4-12)3-7(11)8(5)16-10(15)17-9(13)14/h2-3H,1H3,(H6,13,14,15,16,17). The van der Waals surface area contributed by atoms with Gasteiger partial charge in [0.1, 0.15) is 0 Å². The summed E-state index contributed by atoms with van der Waals surface area (Å²) in [5.74, 6) is -0.202. The lowest BCUT2D eigenvalue weighted by Gasteiger charge is -2.04. The van der Waals surface area contributed by atoms with E-state index in [4.69, 9.17) is 22.5 Å². The molecule has 0 radical (unpaired) electrons. The molecule has 6 N–H and O–H groups in total. The normalized spacial score (nSPS) is 10.8. The van der Waals surface area contributed by atoms with E-state index in [1.807, 2.05) is 13.0 Å². The van der Waals surface area contributed by atoms with E-state index >= 15 is 0 Å². The number of nitrogens with zero attached hydrogens (tertiary/aromatic N) is 3. The zero-order valence-corrected chi connectivity index (χ0v) is 10.7. The van der Waals surface area contributed by atoms with Crippen molar-refractivity contribution in [1.29, 1.82) is 5.26 Å². The van der Waals surface area contributed by atoms with Crippen LogP contribution in [0.1, 0.15) is 11.1 Å². The highest BCUT2D eigenvalue weighted by molar-refractivity contribution is 9.10. The number of hydrogen-bond acceptors (Lipinski definition) is 2. The van der Waals surface area contributed by atoms with Gasteiger partial charge in [0.05, 0.1) is 17.3 Å². The monoisotopic (exact) mass is 294 g/mol. The van der Waals surface area contributed by atoms with Crippen LogP contribution in [0.3, 0.4) is 0 Å². The predicted molar refractivity (Wildman–Crippen MR) is 70.7 cm³/mol.